The molecule has 20 heavy (non-hydrogen) atoms. The van der Waals surface area contributed by atoms with E-state index in [1.165, 1.54) is 0 Å². The molecule has 6 heteroatoms. The fourth-order valence-corrected chi connectivity index (χ4v) is 3.13. The van der Waals surface area contributed by atoms with Crippen LogP contribution in [0.25, 0.3) is 0 Å². The highest BCUT2D eigenvalue weighted by atomic mass is 32.1. The van der Waals surface area contributed by atoms with Gasteiger partial charge in [0.25, 0.3) is 5.91 Å². The van der Waals surface area contributed by atoms with Gasteiger partial charge in [-0.05, 0) is 28.8 Å². The predicted octanol–water partition coefficient (Wildman–Crippen LogP) is 2.25. The molecule has 2 aromatic rings. The molecule has 0 saturated carbocycles. The van der Waals surface area contributed by atoms with Crippen LogP contribution in [0.5, 0.6) is 0 Å². The number of ether oxygens (including phenoxy) is 1. The Kier molecular flexibility index (Phi) is 3.84. The van der Waals surface area contributed by atoms with Crippen LogP contribution in [0.4, 0.5) is 0 Å². The molecular formula is C14H17N3O2S. The highest BCUT2D eigenvalue weighted by molar-refractivity contribution is 7.07. The van der Waals surface area contributed by atoms with Crippen LogP contribution in [-0.2, 0) is 11.3 Å². The van der Waals surface area contributed by atoms with E-state index in [1.807, 2.05) is 18.5 Å². The first-order valence-corrected chi connectivity index (χ1v) is 7.57. The fraction of sp³-hybridized carbons (Fsp3) is 0.429. The molecule has 1 aliphatic heterocycles. The summed E-state index contributed by atoms with van der Waals surface area (Å²) in [5.41, 5.74) is 2.72. The van der Waals surface area contributed by atoms with Crippen molar-refractivity contribution >= 4 is 17.2 Å². The van der Waals surface area contributed by atoms with Crippen LogP contribution in [0.15, 0.2) is 23.0 Å². The van der Waals surface area contributed by atoms with Crippen LogP contribution in [0, 0.1) is 0 Å². The van der Waals surface area contributed by atoms with E-state index in [4.69, 9.17) is 4.74 Å². The SMILES string of the molecule is CN(Cc1ccsc1)C(=O)c1cn[nH]c1[C@@H]1CCOC1. The molecule has 0 spiro atoms. The zero-order valence-corrected chi connectivity index (χ0v) is 12.2. The van der Waals surface area contributed by atoms with E-state index in [0.717, 1.165) is 24.3 Å². The zero-order chi connectivity index (χ0) is 13.9. The van der Waals surface area contributed by atoms with Gasteiger partial charge in [-0.2, -0.15) is 16.4 Å². The maximum absolute atomic E-state index is 12.5. The standard InChI is InChI=1S/C14H17N3O2S/c1-17(7-10-3-5-20-9-10)14(18)12-6-15-16-13(12)11-2-4-19-8-11/h3,5-6,9,11H,2,4,7-8H2,1H3,(H,15,16)/t11-/m1/s1. The summed E-state index contributed by atoms with van der Waals surface area (Å²) in [6.45, 7) is 2.03. The number of aromatic amines is 1. The molecule has 1 amide bonds. The maximum Gasteiger partial charge on any atom is 0.257 e. The summed E-state index contributed by atoms with van der Waals surface area (Å²) >= 11 is 1.64. The second-order valence-corrected chi connectivity index (χ2v) is 5.83. The molecule has 2 aromatic heterocycles. The third-order valence-electron chi connectivity index (χ3n) is 3.58. The average molecular weight is 291 g/mol. The van der Waals surface area contributed by atoms with Crippen LogP contribution in [-0.4, -0.2) is 41.3 Å². The highest BCUT2D eigenvalue weighted by Gasteiger charge is 2.26. The van der Waals surface area contributed by atoms with Gasteiger partial charge in [0.15, 0.2) is 0 Å². The van der Waals surface area contributed by atoms with Crippen molar-refractivity contribution in [1.82, 2.24) is 15.1 Å². The second-order valence-electron chi connectivity index (χ2n) is 5.05. The quantitative estimate of drug-likeness (QED) is 0.940. The Morgan fingerprint density at radius 3 is 3.25 bits per heavy atom. The van der Waals surface area contributed by atoms with Crippen molar-refractivity contribution in [1.29, 1.82) is 0 Å². The van der Waals surface area contributed by atoms with Crippen molar-refractivity contribution < 1.29 is 9.53 Å². The molecule has 1 N–H and O–H groups in total. The van der Waals surface area contributed by atoms with Crippen LogP contribution in [0.2, 0.25) is 0 Å². The first kappa shape index (κ1) is 13.3. The van der Waals surface area contributed by atoms with Crippen LogP contribution in [0.1, 0.15) is 34.0 Å². The van der Waals surface area contributed by atoms with E-state index in [9.17, 15) is 4.79 Å². The number of hydrogen-bond acceptors (Lipinski definition) is 4. The number of aromatic nitrogens is 2. The molecule has 1 saturated heterocycles. The number of nitrogens with one attached hydrogen (secondary N) is 1. The van der Waals surface area contributed by atoms with Crippen LogP contribution in [0.3, 0.4) is 0 Å². The van der Waals surface area contributed by atoms with E-state index < -0.39 is 0 Å². The van der Waals surface area contributed by atoms with E-state index in [2.05, 4.69) is 15.6 Å². The summed E-state index contributed by atoms with van der Waals surface area (Å²) in [5, 5.41) is 11.1. The van der Waals surface area contributed by atoms with Gasteiger partial charge in [-0.15, -0.1) is 0 Å². The Morgan fingerprint density at radius 2 is 2.55 bits per heavy atom. The Morgan fingerprint density at radius 1 is 1.65 bits per heavy atom. The Labute approximate surface area is 121 Å². The maximum atomic E-state index is 12.5. The number of hydrogen-bond donors (Lipinski definition) is 1. The first-order valence-electron chi connectivity index (χ1n) is 6.63. The van der Waals surface area contributed by atoms with E-state index >= 15 is 0 Å². The number of carbonyl (C=O) groups is 1. The van der Waals surface area contributed by atoms with Crippen molar-refractivity contribution in [3.8, 4) is 0 Å². The largest absolute Gasteiger partial charge is 0.381 e. The summed E-state index contributed by atoms with van der Waals surface area (Å²) in [6, 6.07) is 2.04. The van der Waals surface area contributed by atoms with Gasteiger partial charge in [0, 0.05) is 26.1 Å². The minimum Gasteiger partial charge on any atom is -0.381 e. The summed E-state index contributed by atoms with van der Waals surface area (Å²) in [4.78, 5) is 14.3. The molecule has 1 atom stereocenters. The van der Waals surface area contributed by atoms with E-state index in [1.54, 1.807) is 22.4 Å². The lowest BCUT2D eigenvalue weighted by Gasteiger charge is -2.17. The summed E-state index contributed by atoms with van der Waals surface area (Å²) in [7, 11) is 1.82. The topological polar surface area (TPSA) is 58.2 Å². The molecule has 0 radical (unpaired) electrons. The molecule has 106 valence electrons. The van der Waals surface area contributed by atoms with Gasteiger partial charge in [-0.1, -0.05) is 0 Å². The number of amides is 1. The molecule has 5 nitrogen and oxygen atoms in total. The van der Waals surface area contributed by atoms with Gasteiger partial charge in [-0.25, -0.2) is 0 Å². The smallest absolute Gasteiger partial charge is 0.257 e. The van der Waals surface area contributed by atoms with Gasteiger partial charge in [0.2, 0.25) is 0 Å². The third kappa shape index (κ3) is 2.62. The minimum atomic E-state index is 0.00634. The van der Waals surface area contributed by atoms with Gasteiger partial charge in [0.05, 0.1) is 24.1 Å². The third-order valence-corrected chi connectivity index (χ3v) is 4.32. The molecule has 3 heterocycles. The van der Waals surface area contributed by atoms with Crippen molar-refractivity contribution in [3.63, 3.8) is 0 Å². The van der Waals surface area contributed by atoms with E-state index in [-0.39, 0.29) is 11.8 Å². The van der Waals surface area contributed by atoms with Gasteiger partial charge in [-0.3, -0.25) is 9.89 Å². The number of thiophene rings is 1. The monoisotopic (exact) mass is 291 g/mol. The van der Waals surface area contributed by atoms with Crippen molar-refractivity contribution in [2.75, 3.05) is 20.3 Å². The van der Waals surface area contributed by atoms with Gasteiger partial charge < -0.3 is 9.64 Å². The molecule has 3 rings (SSSR count). The lowest BCUT2D eigenvalue weighted by molar-refractivity contribution is 0.0783. The summed E-state index contributed by atoms with van der Waals surface area (Å²) in [6.07, 6.45) is 2.57. The predicted molar refractivity (Wildman–Crippen MR) is 76.9 cm³/mol. The van der Waals surface area contributed by atoms with Crippen LogP contribution >= 0.6 is 11.3 Å². The molecule has 1 aliphatic rings. The zero-order valence-electron chi connectivity index (χ0n) is 11.3. The number of nitrogens with zero attached hydrogens (tertiary/aromatic N) is 2. The number of rotatable bonds is 4. The first-order chi connectivity index (χ1) is 9.75. The van der Waals surface area contributed by atoms with Crippen LogP contribution < -0.4 is 0 Å². The number of H-pyrrole nitrogens is 1. The van der Waals surface area contributed by atoms with Gasteiger partial charge >= 0.3 is 0 Å². The van der Waals surface area contributed by atoms with Crippen molar-refractivity contribution in [2.45, 2.75) is 18.9 Å². The lowest BCUT2D eigenvalue weighted by Crippen LogP contribution is -2.27. The molecule has 0 unspecified atom stereocenters. The molecule has 0 aromatic carbocycles. The van der Waals surface area contributed by atoms with E-state index in [0.29, 0.717) is 18.7 Å². The normalized spacial score (nSPS) is 18.4. The summed E-state index contributed by atoms with van der Waals surface area (Å²) in [5.74, 6) is 0.262. The molecule has 0 bridgehead atoms. The Hall–Kier alpha value is -1.66. The lowest BCUT2D eigenvalue weighted by atomic mass is 10.0. The number of carbonyl (C=O) groups excluding carboxylic acids is 1. The molecular weight excluding hydrogens is 274 g/mol. The van der Waals surface area contributed by atoms with Crippen molar-refractivity contribution in [2.24, 2.45) is 0 Å². The minimum absolute atomic E-state index is 0.00634. The second kappa shape index (κ2) is 5.76. The van der Waals surface area contributed by atoms with Crippen molar-refractivity contribution in [3.05, 3.63) is 39.8 Å². The molecule has 0 aliphatic carbocycles. The highest BCUT2D eigenvalue weighted by Crippen LogP contribution is 2.26. The average Bonchev–Trinajstić information content (AvgIpc) is 3.18. The fourth-order valence-electron chi connectivity index (χ4n) is 2.47. The Balaban J connectivity index is 1.75. The molecule has 1 fully saturated rings. The Bertz CT molecular complexity index is 573. The van der Waals surface area contributed by atoms with Gasteiger partial charge in [0.1, 0.15) is 0 Å². The summed E-state index contributed by atoms with van der Waals surface area (Å²) < 4.78 is 5.39.